The second-order valence-electron chi connectivity index (χ2n) is 10.6. The highest BCUT2D eigenvalue weighted by molar-refractivity contribution is 5.69. The van der Waals surface area contributed by atoms with Crippen LogP contribution in [0.4, 0.5) is 4.79 Å². The number of alkyl carbamates (subject to hydrolysis) is 1. The number of allylic oxidation sites excluding steroid dienone is 1. The number of carbonyl (C=O) groups excluding carboxylic acids is 1. The monoisotopic (exact) mass is 493 g/mol. The number of amides is 1. The number of aryl methyl sites for hydroxylation is 2. The molecule has 198 valence electrons. The first-order valence-electron chi connectivity index (χ1n) is 14.0. The van der Waals surface area contributed by atoms with Gasteiger partial charge < -0.3 is 10.1 Å². The van der Waals surface area contributed by atoms with Gasteiger partial charge >= 0.3 is 6.09 Å². The second kappa shape index (κ2) is 16.2. The van der Waals surface area contributed by atoms with Gasteiger partial charge in [0.1, 0.15) is 6.54 Å². The number of hydrogen-bond acceptors (Lipinski definition) is 2. The third kappa shape index (κ3) is 11.4. The number of unbranched alkanes of at least 4 members (excludes halogenated alkanes) is 8. The van der Waals surface area contributed by atoms with Crippen LogP contribution in [-0.2, 0) is 23.2 Å². The van der Waals surface area contributed by atoms with Gasteiger partial charge in [0, 0.05) is 18.1 Å². The largest absolute Gasteiger partial charge is 0.450 e. The quantitative estimate of drug-likeness (QED) is 0.178. The van der Waals surface area contributed by atoms with Crippen LogP contribution in [0.25, 0.3) is 5.57 Å². The Morgan fingerprint density at radius 2 is 1.67 bits per heavy atom. The van der Waals surface area contributed by atoms with Crippen molar-refractivity contribution in [1.82, 2.24) is 5.32 Å². The molecular formula is C32H49N2O2+. The minimum absolute atomic E-state index is 0.352. The van der Waals surface area contributed by atoms with Crippen molar-refractivity contribution < 1.29 is 14.1 Å². The van der Waals surface area contributed by atoms with Crippen LogP contribution in [0.3, 0.4) is 0 Å². The van der Waals surface area contributed by atoms with Crippen LogP contribution in [0.15, 0.2) is 55.4 Å². The predicted molar refractivity (Wildman–Crippen MR) is 151 cm³/mol. The zero-order valence-corrected chi connectivity index (χ0v) is 23.3. The summed E-state index contributed by atoms with van der Waals surface area (Å²) in [6, 6.07) is 12.6. The normalized spacial score (nSPS) is 11.3. The lowest BCUT2D eigenvalue weighted by atomic mass is 9.92. The number of carbonyl (C=O) groups is 1. The van der Waals surface area contributed by atoms with Crippen LogP contribution in [0, 0.1) is 0 Å². The fraction of sp³-hybridized carbons (Fsp3) is 0.562. The summed E-state index contributed by atoms with van der Waals surface area (Å²) in [5.41, 5.74) is 4.09. The van der Waals surface area contributed by atoms with Crippen molar-refractivity contribution in [2.45, 2.75) is 110 Å². The molecular weight excluding hydrogens is 444 g/mol. The first-order chi connectivity index (χ1) is 17.3. The van der Waals surface area contributed by atoms with Gasteiger partial charge in [0.15, 0.2) is 12.4 Å². The second-order valence-corrected chi connectivity index (χ2v) is 10.6. The molecule has 1 aromatic carbocycles. The van der Waals surface area contributed by atoms with E-state index in [1.807, 2.05) is 39.0 Å². The van der Waals surface area contributed by atoms with Gasteiger partial charge in [-0.3, -0.25) is 0 Å². The van der Waals surface area contributed by atoms with Gasteiger partial charge in [0.05, 0.1) is 12.1 Å². The van der Waals surface area contributed by atoms with E-state index >= 15 is 0 Å². The zero-order chi connectivity index (χ0) is 26.2. The van der Waals surface area contributed by atoms with Gasteiger partial charge in [-0.05, 0) is 69.7 Å². The first kappa shape index (κ1) is 29.6. The molecule has 4 heteroatoms. The van der Waals surface area contributed by atoms with Crippen molar-refractivity contribution >= 4 is 11.7 Å². The number of nitrogens with one attached hydrogen (secondary N) is 1. The Hall–Kier alpha value is -2.62. The van der Waals surface area contributed by atoms with E-state index in [2.05, 4.69) is 54.0 Å². The minimum atomic E-state index is -0.501. The average molecular weight is 494 g/mol. The van der Waals surface area contributed by atoms with Crippen molar-refractivity contribution in [2.24, 2.45) is 0 Å². The first-order valence-corrected chi connectivity index (χ1v) is 14.0. The maximum absolute atomic E-state index is 12.3. The van der Waals surface area contributed by atoms with Gasteiger partial charge in [0.2, 0.25) is 0 Å². The lowest BCUT2D eigenvalue weighted by Gasteiger charge is -2.27. The highest BCUT2D eigenvalue weighted by Gasteiger charge is 2.23. The summed E-state index contributed by atoms with van der Waals surface area (Å²) in [5.74, 6) is 0. The topological polar surface area (TPSA) is 42.2 Å². The van der Waals surface area contributed by atoms with Crippen molar-refractivity contribution in [2.75, 3.05) is 6.61 Å². The van der Waals surface area contributed by atoms with Gasteiger partial charge in [-0.15, -0.1) is 0 Å². The number of hydrogen-bond donors (Lipinski definition) is 1. The summed E-state index contributed by atoms with van der Waals surface area (Å²) in [6.07, 6.45) is 17.5. The molecule has 0 radical (unpaired) electrons. The Labute approximate surface area is 220 Å². The molecule has 4 nitrogen and oxygen atoms in total. The molecule has 1 amide bonds. The van der Waals surface area contributed by atoms with E-state index in [-0.39, 0.29) is 6.09 Å². The lowest BCUT2D eigenvalue weighted by molar-refractivity contribution is -0.697. The number of pyridine rings is 1. The smallest absolute Gasteiger partial charge is 0.407 e. The summed E-state index contributed by atoms with van der Waals surface area (Å²) in [7, 11) is 0. The molecule has 0 saturated carbocycles. The Morgan fingerprint density at radius 1 is 0.972 bits per heavy atom. The predicted octanol–water partition coefficient (Wildman–Crippen LogP) is 8.13. The standard InChI is InChI=1S/C32H48N2O2/c1-6-7-18-28-19-17-23-34(26-28)22-14-12-10-8-9-11-13-15-24-36-31(35)33-32(4,5)30-21-16-20-29(25-30)27(2)3/h16-17,19-21,23,25-26H,2,6-15,18,22,24H2,1,3-5H3/p+1. The van der Waals surface area contributed by atoms with E-state index in [1.165, 1.54) is 63.4 Å². The molecule has 0 aliphatic rings. The highest BCUT2D eigenvalue weighted by Crippen LogP contribution is 2.23. The van der Waals surface area contributed by atoms with Crippen molar-refractivity contribution in [3.8, 4) is 0 Å². The average Bonchev–Trinajstić information content (AvgIpc) is 2.86. The fourth-order valence-corrected chi connectivity index (χ4v) is 4.40. The Morgan fingerprint density at radius 3 is 2.36 bits per heavy atom. The van der Waals surface area contributed by atoms with Crippen LogP contribution in [-0.4, -0.2) is 12.7 Å². The summed E-state index contributed by atoms with van der Waals surface area (Å²) in [6.45, 7) is 13.8. The van der Waals surface area contributed by atoms with E-state index in [4.69, 9.17) is 4.74 Å². The maximum Gasteiger partial charge on any atom is 0.407 e. The molecule has 0 fully saturated rings. The van der Waals surface area contributed by atoms with E-state index in [9.17, 15) is 4.79 Å². The molecule has 0 unspecified atom stereocenters. The summed E-state index contributed by atoms with van der Waals surface area (Å²) in [5, 5.41) is 3.00. The molecule has 1 aromatic heterocycles. The molecule has 0 atom stereocenters. The van der Waals surface area contributed by atoms with E-state index in [0.717, 1.165) is 36.1 Å². The molecule has 1 heterocycles. The molecule has 2 rings (SSSR count). The molecule has 0 aliphatic carbocycles. The summed E-state index contributed by atoms with van der Waals surface area (Å²) in [4.78, 5) is 12.3. The Kier molecular flexibility index (Phi) is 13.3. The van der Waals surface area contributed by atoms with Crippen molar-refractivity contribution in [3.05, 3.63) is 72.1 Å². The minimum Gasteiger partial charge on any atom is -0.450 e. The Bertz CT molecular complexity index is 935. The lowest BCUT2D eigenvalue weighted by Crippen LogP contribution is -2.41. The van der Waals surface area contributed by atoms with Gasteiger partial charge in [0.25, 0.3) is 0 Å². The van der Waals surface area contributed by atoms with Gasteiger partial charge in [-0.1, -0.05) is 75.8 Å². The van der Waals surface area contributed by atoms with Gasteiger partial charge in [-0.25, -0.2) is 9.36 Å². The highest BCUT2D eigenvalue weighted by atomic mass is 16.5. The van der Waals surface area contributed by atoms with E-state index < -0.39 is 5.54 Å². The van der Waals surface area contributed by atoms with Crippen LogP contribution >= 0.6 is 0 Å². The molecule has 1 N–H and O–H groups in total. The SMILES string of the molecule is C=C(C)c1cccc(C(C)(C)NC(=O)OCCCCCCCCCC[n+]2cccc(CCCC)c2)c1. The molecule has 0 aliphatic heterocycles. The van der Waals surface area contributed by atoms with E-state index in [0.29, 0.717) is 6.61 Å². The molecule has 2 aromatic rings. The van der Waals surface area contributed by atoms with Crippen LogP contribution in [0.5, 0.6) is 0 Å². The number of rotatable bonds is 17. The van der Waals surface area contributed by atoms with Crippen LogP contribution in [0.1, 0.15) is 109 Å². The third-order valence-electron chi connectivity index (χ3n) is 6.77. The third-order valence-corrected chi connectivity index (χ3v) is 6.77. The van der Waals surface area contributed by atoms with Crippen molar-refractivity contribution in [3.63, 3.8) is 0 Å². The summed E-state index contributed by atoms with van der Waals surface area (Å²) >= 11 is 0. The number of nitrogens with zero attached hydrogens (tertiary/aromatic N) is 1. The zero-order valence-electron chi connectivity index (χ0n) is 23.3. The number of benzene rings is 1. The number of ether oxygens (including phenoxy) is 1. The van der Waals surface area contributed by atoms with Crippen LogP contribution < -0.4 is 9.88 Å². The molecule has 0 bridgehead atoms. The molecule has 0 spiro atoms. The van der Waals surface area contributed by atoms with Crippen LogP contribution in [0.2, 0.25) is 0 Å². The summed E-state index contributed by atoms with van der Waals surface area (Å²) < 4.78 is 7.79. The maximum atomic E-state index is 12.3. The fourth-order valence-electron chi connectivity index (χ4n) is 4.40. The van der Waals surface area contributed by atoms with Crippen molar-refractivity contribution in [1.29, 1.82) is 0 Å². The number of aromatic nitrogens is 1. The molecule has 0 saturated heterocycles. The van der Waals surface area contributed by atoms with E-state index in [1.54, 1.807) is 0 Å². The molecule has 36 heavy (non-hydrogen) atoms. The van der Waals surface area contributed by atoms with Gasteiger partial charge in [-0.2, -0.15) is 0 Å². The Balaban J connectivity index is 1.50.